The number of carbonyl (C=O) groups is 2. The number of ether oxygens (including phenoxy) is 2. The summed E-state index contributed by atoms with van der Waals surface area (Å²) in [5.41, 5.74) is -0.152. The minimum atomic E-state index is -1.18. The van der Waals surface area contributed by atoms with Gasteiger partial charge in [-0.25, -0.2) is 0 Å². The Morgan fingerprint density at radius 1 is 1.09 bits per heavy atom. The molecule has 1 saturated carbocycles. The first kappa shape index (κ1) is 16.3. The van der Waals surface area contributed by atoms with Crippen LogP contribution in [0.25, 0.3) is 6.08 Å². The fraction of sp³-hybridized carbons (Fsp3) is 0.444. The second kappa shape index (κ2) is 6.77. The SMILES string of the molecule is CCOC(=O)C1(C(=O)OCC)[C@H](C)[C@H]1/C=C/c1ccccc1. The van der Waals surface area contributed by atoms with E-state index in [4.69, 9.17) is 9.47 Å². The van der Waals surface area contributed by atoms with Gasteiger partial charge in [-0.1, -0.05) is 49.4 Å². The van der Waals surface area contributed by atoms with E-state index in [1.54, 1.807) is 13.8 Å². The van der Waals surface area contributed by atoms with Crippen LogP contribution in [0.1, 0.15) is 26.3 Å². The summed E-state index contributed by atoms with van der Waals surface area (Å²) in [4.78, 5) is 24.6. The molecule has 0 bridgehead atoms. The molecule has 1 aromatic carbocycles. The second-order valence-electron chi connectivity index (χ2n) is 5.39. The zero-order valence-corrected chi connectivity index (χ0v) is 13.2. The molecule has 1 aromatic rings. The second-order valence-corrected chi connectivity index (χ2v) is 5.39. The summed E-state index contributed by atoms with van der Waals surface area (Å²) in [6.45, 7) is 5.86. The normalized spacial score (nSPS) is 22.3. The molecule has 1 aliphatic rings. The molecule has 0 aliphatic heterocycles. The van der Waals surface area contributed by atoms with Crippen molar-refractivity contribution in [1.82, 2.24) is 0 Å². The smallest absolute Gasteiger partial charge is 0.324 e. The summed E-state index contributed by atoms with van der Waals surface area (Å²) < 4.78 is 10.2. The van der Waals surface area contributed by atoms with E-state index in [0.717, 1.165) is 5.56 Å². The van der Waals surface area contributed by atoms with Crippen LogP contribution in [-0.2, 0) is 19.1 Å². The van der Waals surface area contributed by atoms with Crippen LogP contribution < -0.4 is 0 Å². The Bertz CT molecular complexity index is 544. The predicted octanol–water partition coefficient (Wildman–Crippen LogP) is 3.08. The molecule has 4 heteroatoms. The first-order chi connectivity index (χ1) is 10.6. The number of benzene rings is 1. The average molecular weight is 302 g/mol. The summed E-state index contributed by atoms with van der Waals surface area (Å²) in [5, 5.41) is 0. The van der Waals surface area contributed by atoms with E-state index in [1.807, 2.05) is 49.4 Å². The van der Waals surface area contributed by atoms with Crippen molar-refractivity contribution in [3.63, 3.8) is 0 Å². The molecule has 0 N–H and O–H groups in total. The van der Waals surface area contributed by atoms with Crippen LogP contribution in [0.3, 0.4) is 0 Å². The number of hydrogen-bond acceptors (Lipinski definition) is 4. The quantitative estimate of drug-likeness (QED) is 0.598. The fourth-order valence-electron chi connectivity index (χ4n) is 2.92. The van der Waals surface area contributed by atoms with E-state index in [1.165, 1.54) is 0 Å². The van der Waals surface area contributed by atoms with E-state index < -0.39 is 17.4 Å². The fourth-order valence-corrected chi connectivity index (χ4v) is 2.92. The zero-order valence-electron chi connectivity index (χ0n) is 13.2. The molecule has 0 heterocycles. The molecule has 0 unspecified atom stereocenters. The van der Waals surface area contributed by atoms with Gasteiger partial charge in [0, 0.05) is 5.92 Å². The van der Waals surface area contributed by atoms with Gasteiger partial charge in [0.15, 0.2) is 5.41 Å². The Balaban J connectivity index is 2.22. The monoisotopic (exact) mass is 302 g/mol. The van der Waals surface area contributed by atoms with E-state index in [9.17, 15) is 9.59 Å². The topological polar surface area (TPSA) is 52.6 Å². The molecule has 0 amide bonds. The molecule has 1 fully saturated rings. The summed E-state index contributed by atoms with van der Waals surface area (Å²) in [6.07, 6.45) is 3.84. The van der Waals surface area contributed by atoms with Crippen LogP contribution in [0.5, 0.6) is 0 Å². The maximum Gasteiger partial charge on any atom is 0.324 e. The Labute approximate surface area is 131 Å². The Kier molecular flexibility index (Phi) is 5.01. The van der Waals surface area contributed by atoms with Gasteiger partial charge < -0.3 is 9.47 Å². The number of hydrogen-bond donors (Lipinski definition) is 0. The van der Waals surface area contributed by atoms with Crippen LogP contribution in [0, 0.1) is 17.3 Å². The minimum Gasteiger partial charge on any atom is -0.465 e. The van der Waals surface area contributed by atoms with Gasteiger partial charge in [0.2, 0.25) is 0 Å². The summed E-state index contributed by atoms with van der Waals surface area (Å²) in [5.74, 6) is -1.27. The number of carbonyl (C=O) groups excluding carboxylic acids is 2. The molecule has 2 rings (SSSR count). The van der Waals surface area contributed by atoms with Crippen molar-refractivity contribution in [2.24, 2.45) is 17.3 Å². The van der Waals surface area contributed by atoms with Gasteiger partial charge in [-0.3, -0.25) is 9.59 Å². The van der Waals surface area contributed by atoms with E-state index in [0.29, 0.717) is 0 Å². The molecule has 0 saturated heterocycles. The highest BCUT2D eigenvalue weighted by molar-refractivity contribution is 6.05. The Morgan fingerprint density at radius 3 is 2.14 bits per heavy atom. The molecule has 118 valence electrons. The molecule has 4 nitrogen and oxygen atoms in total. The van der Waals surface area contributed by atoms with Gasteiger partial charge in [-0.15, -0.1) is 0 Å². The van der Waals surface area contributed by atoms with Gasteiger partial charge in [0.05, 0.1) is 13.2 Å². The van der Waals surface area contributed by atoms with Gasteiger partial charge in [0.1, 0.15) is 0 Å². The first-order valence-corrected chi connectivity index (χ1v) is 7.66. The first-order valence-electron chi connectivity index (χ1n) is 7.66. The maximum atomic E-state index is 12.3. The third-order valence-corrected chi connectivity index (χ3v) is 4.20. The molecule has 0 aromatic heterocycles. The molecule has 1 aliphatic carbocycles. The lowest BCUT2D eigenvalue weighted by Crippen LogP contribution is -2.33. The lowest BCUT2D eigenvalue weighted by Gasteiger charge is -2.14. The van der Waals surface area contributed by atoms with Gasteiger partial charge in [-0.05, 0) is 25.3 Å². The van der Waals surface area contributed by atoms with Crippen molar-refractivity contribution >= 4 is 18.0 Å². The van der Waals surface area contributed by atoms with Crippen LogP contribution in [0.4, 0.5) is 0 Å². The highest BCUT2D eigenvalue weighted by atomic mass is 16.6. The lowest BCUT2D eigenvalue weighted by atomic mass is 10.0. The third-order valence-electron chi connectivity index (χ3n) is 4.20. The maximum absolute atomic E-state index is 12.3. The summed E-state index contributed by atoms with van der Waals surface area (Å²) >= 11 is 0. The number of allylic oxidation sites excluding steroid dienone is 1. The van der Waals surface area contributed by atoms with Gasteiger partial charge in [-0.2, -0.15) is 0 Å². The minimum absolute atomic E-state index is 0.120. The van der Waals surface area contributed by atoms with Crippen molar-refractivity contribution in [1.29, 1.82) is 0 Å². The third kappa shape index (κ3) is 2.78. The highest BCUT2D eigenvalue weighted by Crippen LogP contribution is 2.61. The van der Waals surface area contributed by atoms with Crippen molar-refractivity contribution in [3.05, 3.63) is 42.0 Å². The number of rotatable bonds is 6. The highest BCUT2D eigenvalue weighted by Gasteiger charge is 2.73. The van der Waals surface area contributed by atoms with Gasteiger partial charge in [0.25, 0.3) is 0 Å². The summed E-state index contributed by atoms with van der Waals surface area (Å²) in [6, 6.07) is 9.78. The van der Waals surface area contributed by atoms with Crippen LogP contribution in [0.15, 0.2) is 36.4 Å². The van der Waals surface area contributed by atoms with Crippen molar-refractivity contribution < 1.29 is 19.1 Å². The molecular weight excluding hydrogens is 280 g/mol. The molecule has 0 spiro atoms. The Hall–Kier alpha value is -2.10. The van der Waals surface area contributed by atoms with Crippen LogP contribution in [0.2, 0.25) is 0 Å². The summed E-state index contributed by atoms with van der Waals surface area (Å²) in [7, 11) is 0. The van der Waals surface area contributed by atoms with Crippen molar-refractivity contribution in [2.45, 2.75) is 20.8 Å². The molecule has 2 atom stereocenters. The predicted molar refractivity (Wildman–Crippen MR) is 83.8 cm³/mol. The largest absolute Gasteiger partial charge is 0.465 e. The Morgan fingerprint density at radius 2 is 1.64 bits per heavy atom. The van der Waals surface area contributed by atoms with E-state index >= 15 is 0 Å². The van der Waals surface area contributed by atoms with Gasteiger partial charge >= 0.3 is 11.9 Å². The standard InChI is InChI=1S/C18H22O4/c1-4-21-16(19)18(17(20)22-5-2)13(3)15(18)12-11-14-9-7-6-8-10-14/h6-13,15H,4-5H2,1-3H3/b12-11+/t13-,15-/m1/s1. The molecule has 0 radical (unpaired) electrons. The average Bonchev–Trinajstić information content (AvgIpc) is 3.12. The van der Waals surface area contributed by atoms with Crippen LogP contribution >= 0.6 is 0 Å². The van der Waals surface area contributed by atoms with E-state index in [2.05, 4.69) is 0 Å². The lowest BCUT2D eigenvalue weighted by molar-refractivity contribution is -0.165. The van der Waals surface area contributed by atoms with Crippen molar-refractivity contribution in [2.75, 3.05) is 13.2 Å². The molecule has 22 heavy (non-hydrogen) atoms. The zero-order chi connectivity index (χ0) is 16.2. The number of esters is 2. The van der Waals surface area contributed by atoms with Crippen LogP contribution in [-0.4, -0.2) is 25.2 Å². The van der Waals surface area contributed by atoms with Crippen molar-refractivity contribution in [3.8, 4) is 0 Å². The molecular formula is C18H22O4. The van der Waals surface area contributed by atoms with E-state index in [-0.39, 0.29) is 25.0 Å².